The lowest BCUT2D eigenvalue weighted by atomic mass is 10.1. The standard InChI is InChI=1S/C13H9NO/c1-2-4-11-8-14-13(7-10(11)3-1)12-5-6-15-9-12/h1-9H. The van der Waals surface area contributed by atoms with Gasteiger partial charge in [-0.15, -0.1) is 0 Å². The average molecular weight is 195 g/mol. The minimum absolute atomic E-state index is 0.947. The first-order chi connectivity index (χ1) is 7.43. The Balaban J connectivity index is 2.22. The third kappa shape index (κ3) is 1.40. The van der Waals surface area contributed by atoms with Crippen LogP contribution in [0.3, 0.4) is 0 Å². The molecule has 0 spiro atoms. The summed E-state index contributed by atoms with van der Waals surface area (Å²) in [5, 5.41) is 2.36. The van der Waals surface area contributed by atoms with E-state index in [1.807, 2.05) is 24.4 Å². The number of furan rings is 1. The Hall–Kier alpha value is -2.09. The van der Waals surface area contributed by atoms with E-state index >= 15 is 0 Å². The molecule has 2 heterocycles. The van der Waals surface area contributed by atoms with E-state index in [0.29, 0.717) is 0 Å². The fourth-order valence-corrected chi connectivity index (χ4v) is 1.65. The molecule has 0 fully saturated rings. The average Bonchev–Trinajstić information content (AvgIpc) is 2.82. The number of fused-ring (bicyclic) bond motifs is 1. The Kier molecular flexibility index (Phi) is 1.78. The lowest BCUT2D eigenvalue weighted by Crippen LogP contribution is -1.81. The van der Waals surface area contributed by atoms with Crippen LogP contribution in [-0.4, -0.2) is 4.98 Å². The van der Waals surface area contributed by atoms with Crippen LogP contribution >= 0.6 is 0 Å². The molecular formula is C13H9NO. The van der Waals surface area contributed by atoms with Gasteiger partial charge in [0.1, 0.15) is 0 Å². The molecule has 2 heteroatoms. The molecule has 72 valence electrons. The fourth-order valence-electron chi connectivity index (χ4n) is 1.65. The van der Waals surface area contributed by atoms with Gasteiger partial charge in [-0.2, -0.15) is 0 Å². The SMILES string of the molecule is c1ccc2cc(-c3ccoc3)ncc2c1. The number of benzene rings is 1. The van der Waals surface area contributed by atoms with Crippen LogP contribution in [0.1, 0.15) is 0 Å². The van der Waals surface area contributed by atoms with E-state index in [-0.39, 0.29) is 0 Å². The van der Waals surface area contributed by atoms with Gasteiger partial charge in [0.2, 0.25) is 0 Å². The molecule has 0 amide bonds. The Labute approximate surface area is 87.2 Å². The van der Waals surface area contributed by atoms with Crippen molar-refractivity contribution in [3.63, 3.8) is 0 Å². The summed E-state index contributed by atoms with van der Waals surface area (Å²) >= 11 is 0. The molecule has 2 nitrogen and oxygen atoms in total. The van der Waals surface area contributed by atoms with Crippen molar-refractivity contribution in [3.8, 4) is 11.3 Å². The van der Waals surface area contributed by atoms with E-state index in [1.54, 1.807) is 12.5 Å². The number of aromatic nitrogens is 1. The van der Waals surface area contributed by atoms with E-state index in [1.165, 1.54) is 5.39 Å². The van der Waals surface area contributed by atoms with Crippen LogP contribution < -0.4 is 0 Å². The van der Waals surface area contributed by atoms with Crippen molar-refractivity contribution in [2.75, 3.05) is 0 Å². The summed E-state index contributed by atoms with van der Waals surface area (Å²) in [5.41, 5.74) is 1.96. The Morgan fingerprint density at radius 1 is 1.00 bits per heavy atom. The van der Waals surface area contributed by atoms with Gasteiger partial charge in [0.25, 0.3) is 0 Å². The number of hydrogen-bond donors (Lipinski definition) is 0. The Morgan fingerprint density at radius 3 is 2.67 bits per heavy atom. The minimum atomic E-state index is 0.947. The quantitative estimate of drug-likeness (QED) is 0.594. The highest BCUT2D eigenvalue weighted by atomic mass is 16.3. The van der Waals surface area contributed by atoms with E-state index in [4.69, 9.17) is 4.42 Å². The second-order valence-corrected chi connectivity index (χ2v) is 3.43. The number of pyridine rings is 1. The van der Waals surface area contributed by atoms with Crippen LogP contribution in [0.2, 0.25) is 0 Å². The summed E-state index contributed by atoms with van der Waals surface area (Å²) in [4.78, 5) is 4.39. The maximum atomic E-state index is 5.04. The molecule has 0 radical (unpaired) electrons. The van der Waals surface area contributed by atoms with Gasteiger partial charge in [0.15, 0.2) is 0 Å². The van der Waals surface area contributed by atoms with Gasteiger partial charge in [-0.25, -0.2) is 0 Å². The first kappa shape index (κ1) is 8.24. The Morgan fingerprint density at radius 2 is 1.87 bits per heavy atom. The predicted molar refractivity (Wildman–Crippen MR) is 59.4 cm³/mol. The fraction of sp³-hybridized carbons (Fsp3) is 0. The van der Waals surface area contributed by atoms with Gasteiger partial charge in [-0.05, 0) is 17.5 Å². The second kappa shape index (κ2) is 3.24. The molecule has 3 aromatic rings. The van der Waals surface area contributed by atoms with Gasteiger partial charge in [0, 0.05) is 17.1 Å². The molecule has 0 saturated carbocycles. The Bertz CT molecular complexity index is 584. The summed E-state index contributed by atoms with van der Waals surface area (Å²) in [6.45, 7) is 0. The maximum absolute atomic E-state index is 5.04. The molecule has 0 unspecified atom stereocenters. The number of rotatable bonds is 1. The summed E-state index contributed by atoms with van der Waals surface area (Å²) in [7, 11) is 0. The molecule has 0 aliphatic heterocycles. The first-order valence-electron chi connectivity index (χ1n) is 4.81. The molecule has 0 aliphatic carbocycles. The van der Waals surface area contributed by atoms with Crippen LogP contribution in [0, 0.1) is 0 Å². The minimum Gasteiger partial charge on any atom is -0.472 e. The van der Waals surface area contributed by atoms with Gasteiger partial charge >= 0.3 is 0 Å². The number of hydrogen-bond acceptors (Lipinski definition) is 2. The molecule has 2 aromatic heterocycles. The van der Waals surface area contributed by atoms with E-state index in [0.717, 1.165) is 16.6 Å². The van der Waals surface area contributed by atoms with Gasteiger partial charge in [-0.1, -0.05) is 24.3 Å². The molecule has 1 aromatic carbocycles. The molecule has 0 N–H and O–H groups in total. The van der Waals surface area contributed by atoms with E-state index in [9.17, 15) is 0 Å². The van der Waals surface area contributed by atoms with E-state index < -0.39 is 0 Å². The number of nitrogens with zero attached hydrogens (tertiary/aromatic N) is 1. The third-order valence-corrected chi connectivity index (χ3v) is 2.45. The normalized spacial score (nSPS) is 10.7. The first-order valence-corrected chi connectivity index (χ1v) is 4.81. The zero-order valence-corrected chi connectivity index (χ0v) is 8.05. The molecule has 3 rings (SSSR count). The summed E-state index contributed by atoms with van der Waals surface area (Å²) in [5.74, 6) is 0. The largest absolute Gasteiger partial charge is 0.472 e. The predicted octanol–water partition coefficient (Wildman–Crippen LogP) is 3.49. The lowest BCUT2D eigenvalue weighted by Gasteiger charge is -1.99. The van der Waals surface area contributed by atoms with Crippen molar-refractivity contribution < 1.29 is 4.42 Å². The lowest BCUT2D eigenvalue weighted by molar-refractivity contribution is 0.568. The van der Waals surface area contributed by atoms with Crippen molar-refractivity contribution in [2.24, 2.45) is 0 Å². The highest BCUT2D eigenvalue weighted by molar-refractivity contribution is 5.84. The van der Waals surface area contributed by atoms with Gasteiger partial charge < -0.3 is 4.42 Å². The van der Waals surface area contributed by atoms with Crippen molar-refractivity contribution in [3.05, 3.63) is 55.1 Å². The van der Waals surface area contributed by atoms with Crippen LogP contribution in [0.4, 0.5) is 0 Å². The highest BCUT2D eigenvalue weighted by Gasteiger charge is 2.01. The zero-order chi connectivity index (χ0) is 10.1. The maximum Gasteiger partial charge on any atom is 0.0996 e. The highest BCUT2D eigenvalue weighted by Crippen LogP contribution is 2.21. The van der Waals surface area contributed by atoms with Crippen molar-refractivity contribution in [1.82, 2.24) is 4.98 Å². The molecular weight excluding hydrogens is 186 g/mol. The van der Waals surface area contributed by atoms with Crippen LogP contribution in [-0.2, 0) is 0 Å². The molecule has 15 heavy (non-hydrogen) atoms. The molecule has 0 bridgehead atoms. The molecule has 0 saturated heterocycles. The third-order valence-electron chi connectivity index (χ3n) is 2.45. The summed E-state index contributed by atoms with van der Waals surface area (Å²) < 4.78 is 5.04. The van der Waals surface area contributed by atoms with Crippen molar-refractivity contribution in [1.29, 1.82) is 0 Å². The van der Waals surface area contributed by atoms with Gasteiger partial charge in [-0.3, -0.25) is 4.98 Å². The molecule has 0 aliphatic rings. The zero-order valence-electron chi connectivity index (χ0n) is 8.05. The molecule has 0 atom stereocenters. The van der Waals surface area contributed by atoms with Crippen molar-refractivity contribution >= 4 is 10.8 Å². The van der Waals surface area contributed by atoms with Crippen molar-refractivity contribution in [2.45, 2.75) is 0 Å². The summed E-state index contributed by atoms with van der Waals surface area (Å²) in [6.07, 6.45) is 5.25. The monoisotopic (exact) mass is 195 g/mol. The second-order valence-electron chi connectivity index (χ2n) is 3.43. The topological polar surface area (TPSA) is 26.0 Å². The van der Waals surface area contributed by atoms with Crippen LogP contribution in [0.25, 0.3) is 22.0 Å². The van der Waals surface area contributed by atoms with Gasteiger partial charge in [0.05, 0.1) is 18.2 Å². The van der Waals surface area contributed by atoms with Crippen LogP contribution in [0.5, 0.6) is 0 Å². The summed E-state index contributed by atoms with van der Waals surface area (Å²) in [6, 6.07) is 12.2. The van der Waals surface area contributed by atoms with Crippen LogP contribution in [0.15, 0.2) is 59.5 Å². The smallest absolute Gasteiger partial charge is 0.0996 e. The van der Waals surface area contributed by atoms with E-state index in [2.05, 4.69) is 23.2 Å².